The topological polar surface area (TPSA) is 65.1 Å². The number of fused-ring (bicyclic) bond motifs is 1. The maximum Gasteiger partial charge on any atom is 0.271 e. The highest BCUT2D eigenvalue weighted by atomic mass is 79.9. The fourth-order valence-corrected chi connectivity index (χ4v) is 3.96. The molecule has 0 saturated heterocycles. The lowest BCUT2D eigenvalue weighted by atomic mass is 9.88. The molecule has 0 radical (unpaired) electrons. The van der Waals surface area contributed by atoms with Crippen molar-refractivity contribution >= 4 is 27.4 Å². The Labute approximate surface area is 164 Å². The van der Waals surface area contributed by atoms with E-state index in [0.717, 1.165) is 33.4 Å². The normalized spacial score (nSPS) is 16.2. The van der Waals surface area contributed by atoms with E-state index in [0.29, 0.717) is 12.1 Å². The standard InChI is InChI=1S/C21H17BrN2O3/c1-13-9-20-18(21(25)10-13)12-19(14-5-7-15(22)8-6-14)23(20)16-3-2-4-17(11-16)24(26)27/h2-8,11-13H,9-10H2,1H3/t13-/m0/s1. The number of nitro groups is 1. The highest BCUT2D eigenvalue weighted by molar-refractivity contribution is 9.10. The largest absolute Gasteiger partial charge is 0.313 e. The van der Waals surface area contributed by atoms with Gasteiger partial charge in [-0.3, -0.25) is 14.9 Å². The number of non-ortho nitro benzene ring substituents is 1. The van der Waals surface area contributed by atoms with Crippen molar-refractivity contribution < 1.29 is 9.72 Å². The number of ketones is 1. The van der Waals surface area contributed by atoms with Crippen molar-refractivity contribution in [2.75, 3.05) is 0 Å². The molecule has 1 heterocycles. The second kappa shape index (κ2) is 6.78. The zero-order valence-corrected chi connectivity index (χ0v) is 16.3. The Morgan fingerprint density at radius 1 is 1.11 bits per heavy atom. The molecule has 0 fully saturated rings. The van der Waals surface area contributed by atoms with Crippen molar-refractivity contribution in [3.05, 3.63) is 80.4 Å². The number of benzene rings is 2. The van der Waals surface area contributed by atoms with Crippen molar-refractivity contribution in [1.29, 1.82) is 0 Å². The summed E-state index contributed by atoms with van der Waals surface area (Å²) in [6, 6.07) is 16.3. The number of Topliss-reactive ketones (excluding diaryl/α,β-unsaturated/α-hetero) is 1. The molecule has 3 aromatic rings. The van der Waals surface area contributed by atoms with Gasteiger partial charge in [0, 0.05) is 34.3 Å². The van der Waals surface area contributed by atoms with Crippen LogP contribution in [0, 0.1) is 16.0 Å². The van der Waals surface area contributed by atoms with Crippen LogP contribution in [0.1, 0.15) is 29.4 Å². The van der Waals surface area contributed by atoms with E-state index in [-0.39, 0.29) is 17.4 Å². The maximum absolute atomic E-state index is 12.6. The van der Waals surface area contributed by atoms with E-state index in [9.17, 15) is 14.9 Å². The summed E-state index contributed by atoms with van der Waals surface area (Å²) < 4.78 is 2.97. The van der Waals surface area contributed by atoms with Gasteiger partial charge < -0.3 is 4.57 Å². The fourth-order valence-electron chi connectivity index (χ4n) is 3.70. The Morgan fingerprint density at radius 3 is 2.56 bits per heavy atom. The lowest BCUT2D eigenvalue weighted by Crippen LogP contribution is -2.19. The summed E-state index contributed by atoms with van der Waals surface area (Å²) in [4.78, 5) is 23.5. The SMILES string of the molecule is C[C@@H]1CC(=O)c2cc(-c3ccc(Br)cc3)n(-c3cccc([N+](=O)[O-])c3)c2C1. The average Bonchev–Trinajstić information content (AvgIpc) is 3.02. The summed E-state index contributed by atoms with van der Waals surface area (Å²) in [5.41, 5.74) is 4.21. The first kappa shape index (κ1) is 17.7. The molecule has 0 aliphatic heterocycles. The number of nitro benzene ring substituents is 1. The van der Waals surface area contributed by atoms with Gasteiger partial charge in [0.25, 0.3) is 5.69 Å². The summed E-state index contributed by atoms with van der Waals surface area (Å²) >= 11 is 3.45. The number of hydrogen-bond acceptors (Lipinski definition) is 3. The number of hydrogen-bond donors (Lipinski definition) is 0. The van der Waals surface area contributed by atoms with Gasteiger partial charge in [-0.25, -0.2) is 0 Å². The van der Waals surface area contributed by atoms with Crippen LogP contribution >= 0.6 is 15.9 Å². The summed E-state index contributed by atoms with van der Waals surface area (Å²) in [6.07, 6.45) is 1.30. The monoisotopic (exact) mass is 424 g/mol. The van der Waals surface area contributed by atoms with Gasteiger partial charge >= 0.3 is 0 Å². The predicted octanol–water partition coefficient (Wildman–Crippen LogP) is 5.58. The molecule has 4 rings (SSSR count). The number of rotatable bonds is 3. The van der Waals surface area contributed by atoms with Crippen LogP contribution in [0.4, 0.5) is 5.69 Å². The fraction of sp³-hybridized carbons (Fsp3) is 0.190. The molecule has 1 atom stereocenters. The first-order valence-electron chi connectivity index (χ1n) is 8.72. The average molecular weight is 425 g/mol. The minimum Gasteiger partial charge on any atom is -0.313 e. The van der Waals surface area contributed by atoms with Crippen LogP contribution in [-0.4, -0.2) is 15.3 Å². The summed E-state index contributed by atoms with van der Waals surface area (Å²) in [7, 11) is 0. The summed E-state index contributed by atoms with van der Waals surface area (Å²) in [6.45, 7) is 2.06. The first-order valence-corrected chi connectivity index (χ1v) is 9.52. The van der Waals surface area contributed by atoms with E-state index in [1.165, 1.54) is 6.07 Å². The minimum atomic E-state index is -0.396. The van der Waals surface area contributed by atoms with Gasteiger partial charge in [0.15, 0.2) is 5.78 Å². The Balaban J connectivity index is 1.98. The molecule has 0 N–H and O–H groups in total. The zero-order chi connectivity index (χ0) is 19.1. The van der Waals surface area contributed by atoms with Crippen molar-refractivity contribution in [2.45, 2.75) is 19.8 Å². The molecule has 6 heteroatoms. The molecular weight excluding hydrogens is 408 g/mol. The van der Waals surface area contributed by atoms with Crippen molar-refractivity contribution in [2.24, 2.45) is 5.92 Å². The van der Waals surface area contributed by atoms with Crippen molar-refractivity contribution in [3.63, 3.8) is 0 Å². The Hall–Kier alpha value is -2.73. The molecule has 27 heavy (non-hydrogen) atoms. The smallest absolute Gasteiger partial charge is 0.271 e. The number of carbonyl (C=O) groups excluding carboxylic acids is 1. The number of aromatic nitrogens is 1. The number of nitrogens with zero attached hydrogens (tertiary/aromatic N) is 2. The molecule has 1 aliphatic carbocycles. The van der Waals surface area contributed by atoms with E-state index < -0.39 is 4.92 Å². The van der Waals surface area contributed by atoms with E-state index in [2.05, 4.69) is 22.9 Å². The van der Waals surface area contributed by atoms with Gasteiger partial charge in [0.1, 0.15) is 0 Å². The van der Waals surface area contributed by atoms with Crippen LogP contribution in [0.25, 0.3) is 16.9 Å². The Morgan fingerprint density at radius 2 is 1.85 bits per heavy atom. The molecule has 0 spiro atoms. The highest BCUT2D eigenvalue weighted by Crippen LogP contribution is 2.36. The predicted molar refractivity (Wildman–Crippen MR) is 107 cm³/mol. The molecule has 2 aromatic carbocycles. The lowest BCUT2D eigenvalue weighted by Gasteiger charge is -2.21. The van der Waals surface area contributed by atoms with Crippen LogP contribution in [0.5, 0.6) is 0 Å². The van der Waals surface area contributed by atoms with E-state index >= 15 is 0 Å². The van der Waals surface area contributed by atoms with Crippen LogP contribution in [0.2, 0.25) is 0 Å². The Kier molecular flexibility index (Phi) is 4.44. The van der Waals surface area contributed by atoms with Gasteiger partial charge in [0.05, 0.1) is 16.3 Å². The van der Waals surface area contributed by atoms with Gasteiger partial charge in [0.2, 0.25) is 0 Å². The zero-order valence-electron chi connectivity index (χ0n) is 14.7. The molecule has 0 bridgehead atoms. The van der Waals surface area contributed by atoms with Crippen molar-refractivity contribution in [3.8, 4) is 16.9 Å². The second-order valence-corrected chi connectivity index (χ2v) is 7.86. The third-order valence-corrected chi connectivity index (χ3v) is 5.45. The number of halogens is 1. The van der Waals surface area contributed by atoms with Crippen LogP contribution in [0.15, 0.2) is 59.1 Å². The van der Waals surface area contributed by atoms with Crippen LogP contribution in [-0.2, 0) is 6.42 Å². The van der Waals surface area contributed by atoms with Gasteiger partial charge in [-0.1, -0.05) is 41.1 Å². The molecule has 1 aliphatic rings. The van der Waals surface area contributed by atoms with Gasteiger partial charge in [-0.15, -0.1) is 0 Å². The minimum absolute atomic E-state index is 0.0342. The van der Waals surface area contributed by atoms with Gasteiger partial charge in [-0.2, -0.15) is 0 Å². The van der Waals surface area contributed by atoms with Gasteiger partial charge in [-0.05, 0) is 42.2 Å². The second-order valence-electron chi connectivity index (χ2n) is 6.95. The van der Waals surface area contributed by atoms with E-state index in [1.807, 2.05) is 41.0 Å². The van der Waals surface area contributed by atoms with Crippen LogP contribution < -0.4 is 0 Å². The molecular formula is C21H17BrN2O3. The number of carbonyl (C=O) groups is 1. The highest BCUT2D eigenvalue weighted by Gasteiger charge is 2.29. The molecule has 5 nitrogen and oxygen atoms in total. The summed E-state index contributed by atoms with van der Waals surface area (Å²) in [5, 5.41) is 11.2. The van der Waals surface area contributed by atoms with E-state index in [4.69, 9.17) is 0 Å². The van der Waals surface area contributed by atoms with Crippen molar-refractivity contribution in [1.82, 2.24) is 4.57 Å². The maximum atomic E-state index is 12.6. The summed E-state index contributed by atoms with van der Waals surface area (Å²) in [5.74, 6) is 0.376. The quantitative estimate of drug-likeness (QED) is 0.407. The third-order valence-electron chi connectivity index (χ3n) is 4.92. The third kappa shape index (κ3) is 3.21. The Bertz CT molecular complexity index is 1050. The molecule has 136 valence electrons. The van der Waals surface area contributed by atoms with Crippen LogP contribution in [0.3, 0.4) is 0 Å². The first-order chi connectivity index (χ1) is 12.9. The molecule has 1 aromatic heterocycles. The van der Waals surface area contributed by atoms with E-state index in [1.54, 1.807) is 12.1 Å². The molecule has 0 saturated carbocycles. The lowest BCUT2D eigenvalue weighted by molar-refractivity contribution is -0.384. The molecule has 0 unspecified atom stereocenters. The molecule has 0 amide bonds.